The third-order valence-electron chi connectivity index (χ3n) is 7.01. The highest BCUT2D eigenvalue weighted by Crippen LogP contribution is 2.34. The second-order valence-corrected chi connectivity index (χ2v) is 10.2. The lowest BCUT2D eigenvalue weighted by atomic mass is 10.1. The second-order valence-electron chi connectivity index (χ2n) is 9.26. The molecule has 5 heterocycles. The number of ether oxygens (including phenoxy) is 1. The zero-order valence-electron chi connectivity index (χ0n) is 19.9. The van der Waals surface area contributed by atoms with Gasteiger partial charge in [0.25, 0.3) is 5.91 Å². The van der Waals surface area contributed by atoms with Gasteiger partial charge in [-0.25, -0.2) is 19.3 Å². The number of piperazine rings is 1. The molecule has 1 aromatic carbocycles. The second kappa shape index (κ2) is 9.68. The first-order valence-corrected chi connectivity index (χ1v) is 12.9. The molecule has 0 N–H and O–H groups in total. The van der Waals surface area contributed by atoms with Gasteiger partial charge in [-0.2, -0.15) is 0 Å². The molecule has 0 radical (unpaired) electrons. The van der Waals surface area contributed by atoms with E-state index in [1.807, 2.05) is 45.8 Å². The van der Waals surface area contributed by atoms with Gasteiger partial charge in [0.2, 0.25) is 11.7 Å². The van der Waals surface area contributed by atoms with Gasteiger partial charge in [-0.15, -0.1) is 0 Å². The number of nitrogens with zero attached hydrogens (tertiary/aromatic N) is 6. The van der Waals surface area contributed by atoms with Crippen LogP contribution >= 0.6 is 15.9 Å². The number of carbonyl (C=O) groups is 1. The Bertz CT molecular complexity index is 1480. The molecule has 2 fully saturated rings. The number of fused-ring (bicyclic) bond motifs is 3. The summed E-state index contributed by atoms with van der Waals surface area (Å²) >= 11 is 3.50. The maximum atomic E-state index is 14.6. The van der Waals surface area contributed by atoms with E-state index in [9.17, 15) is 9.18 Å². The number of likely N-dealkylation sites (tertiary alicyclic amines) is 1. The minimum atomic E-state index is -0.652. The highest BCUT2D eigenvalue weighted by Gasteiger charge is 2.44. The van der Waals surface area contributed by atoms with E-state index in [0.717, 1.165) is 34.3 Å². The lowest BCUT2D eigenvalue weighted by Gasteiger charge is -2.41. The van der Waals surface area contributed by atoms with Crippen molar-refractivity contribution in [2.45, 2.75) is 31.5 Å². The zero-order valence-corrected chi connectivity index (χ0v) is 21.5. The summed E-state index contributed by atoms with van der Waals surface area (Å²) in [6, 6.07) is 12.5. The molecule has 10 heteroatoms. The summed E-state index contributed by atoms with van der Waals surface area (Å²) < 4.78 is 22.8. The molecule has 0 saturated carbocycles. The predicted molar refractivity (Wildman–Crippen MR) is 139 cm³/mol. The SMILES string of the molecule is C=COc1ccc(F)c(C(=O)N2C3CCC2CN(Cc2c(-c4ccc(Br)cc4)nc4ncccn24)C3)n1. The summed E-state index contributed by atoms with van der Waals surface area (Å²) in [4.78, 5) is 30.9. The molecule has 8 nitrogen and oxygen atoms in total. The average molecular weight is 563 g/mol. The number of pyridine rings is 1. The molecule has 2 saturated heterocycles. The Balaban J connectivity index is 1.27. The summed E-state index contributed by atoms with van der Waals surface area (Å²) in [6.07, 6.45) is 6.66. The van der Waals surface area contributed by atoms with Crippen LogP contribution in [-0.4, -0.2) is 60.2 Å². The molecule has 1 amide bonds. The van der Waals surface area contributed by atoms with Crippen molar-refractivity contribution in [1.82, 2.24) is 29.2 Å². The number of rotatable bonds is 6. The van der Waals surface area contributed by atoms with Crippen LogP contribution in [0.1, 0.15) is 29.0 Å². The molecule has 6 rings (SSSR count). The maximum Gasteiger partial charge on any atom is 0.276 e. The largest absolute Gasteiger partial charge is 0.447 e. The van der Waals surface area contributed by atoms with Gasteiger partial charge in [0.05, 0.1) is 17.6 Å². The number of hydrogen-bond acceptors (Lipinski definition) is 6. The molecule has 2 aliphatic rings. The molecule has 0 aliphatic carbocycles. The first-order chi connectivity index (χ1) is 18.0. The van der Waals surface area contributed by atoms with Gasteiger partial charge >= 0.3 is 0 Å². The van der Waals surface area contributed by atoms with E-state index in [-0.39, 0.29) is 23.7 Å². The molecule has 2 bridgehead atoms. The molecule has 188 valence electrons. The Morgan fingerprint density at radius 2 is 1.89 bits per heavy atom. The zero-order chi connectivity index (χ0) is 25.5. The molecular weight excluding hydrogens is 539 g/mol. The Hall–Kier alpha value is -3.63. The summed E-state index contributed by atoms with van der Waals surface area (Å²) in [5.41, 5.74) is 2.74. The van der Waals surface area contributed by atoms with E-state index in [2.05, 4.69) is 37.4 Å². The van der Waals surface area contributed by atoms with E-state index in [1.54, 1.807) is 6.20 Å². The lowest BCUT2D eigenvalue weighted by Crippen LogP contribution is -2.55. The summed E-state index contributed by atoms with van der Waals surface area (Å²) in [5.74, 6) is -0.253. The number of amides is 1. The van der Waals surface area contributed by atoms with E-state index >= 15 is 0 Å². The van der Waals surface area contributed by atoms with Crippen molar-refractivity contribution < 1.29 is 13.9 Å². The van der Waals surface area contributed by atoms with Gasteiger partial charge in [0.15, 0.2) is 11.5 Å². The third kappa shape index (κ3) is 4.40. The van der Waals surface area contributed by atoms with Gasteiger partial charge in [-0.1, -0.05) is 34.6 Å². The lowest BCUT2D eigenvalue weighted by molar-refractivity contribution is 0.0392. The van der Waals surface area contributed by atoms with Crippen LogP contribution in [0.25, 0.3) is 17.0 Å². The van der Waals surface area contributed by atoms with Crippen LogP contribution in [-0.2, 0) is 6.54 Å². The van der Waals surface area contributed by atoms with Crippen LogP contribution in [0.4, 0.5) is 4.39 Å². The van der Waals surface area contributed by atoms with Crippen LogP contribution in [0.2, 0.25) is 0 Å². The molecule has 0 spiro atoms. The fraction of sp³-hybridized carbons (Fsp3) is 0.259. The van der Waals surface area contributed by atoms with E-state index in [0.29, 0.717) is 25.4 Å². The smallest absolute Gasteiger partial charge is 0.276 e. The maximum absolute atomic E-state index is 14.6. The van der Waals surface area contributed by atoms with Crippen LogP contribution in [0.5, 0.6) is 5.88 Å². The van der Waals surface area contributed by atoms with Gasteiger partial charge in [0.1, 0.15) is 0 Å². The molecule has 3 aromatic heterocycles. The molecule has 2 atom stereocenters. The number of aromatic nitrogens is 4. The molecule has 2 unspecified atom stereocenters. The van der Waals surface area contributed by atoms with Gasteiger partial charge in [0, 0.05) is 60.2 Å². The minimum absolute atomic E-state index is 0.0233. The number of carbonyl (C=O) groups excluding carboxylic acids is 1. The Kier molecular flexibility index (Phi) is 6.21. The number of benzene rings is 1. The monoisotopic (exact) mass is 562 g/mol. The summed E-state index contributed by atoms with van der Waals surface area (Å²) in [5, 5.41) is 0. The minimum Gasteiger partial charge on any atom is -0.447 e. The number of halogens is 2. The highest BCUT2D eigenvalue weighted by atomic mass is 79.9. The van der Waals surface area contributed by atoms with Crippen molar-refractivity contribution in [2.75, 3.05) is 13.1 Å². The van der Waals surface area contributed by atoms with Gasteiger partial charge in [-0.05, 0) is 37.1 Å². The normalized spacial score (nSPS) is 19.4. The molecule has 37 heavy (non-hydrogen) atoms. The van der Waals surface area contributed by atoms with Crippen LogP contribution < -0.4 is 4.74 Å². The van der Waals surface area contributed by atoms with Crippen molar-refractivity contribution >= 4 is 27.6 Å². The van der Waals surface area contributed by atoms with Crippen LogP contribution in [0.15, 0.2) is 72.2 Å². The van der Waals surface area contributed by atoms with E-state index < -0.39 is 11.7 Å². The predicted octanol–water partition coefficient (Wildman–Crippen LogP) is 4.70. The standard InChI is InChI=1S/C27H24BrFN6O2/c1-2-37-23-11-10-21(29)25(31-23)26(36)35-19-8-9-20(35)15-33(14-19)16-22-24(17-4-6-18(28)7-5-17)32-27-30-12-3-13-34(22)27/h2-7,10-13,19-20H,1,8-9,14-16H2. The first-order valence-electron chi connectivity index (χ1n) is 12.1. The van der Waals surface area contributed by atoms with E-state index in [4.69, 9.17) is 9.72 Å². The topological polar surface area (TPSA) is 75.9 Å². The Morgan fingerprint density at radius 3 is 2.62 bits per heavy atom. The van der Waals surface area contributed by atoms with Crippen LogP contribution in [0.3, 0.4) is 0 Å². The summed E-state index contributed by atoms with van der Waals surface area (Å²) in [6.45, 7) is 5.51. The summed E-state index contributed by atoms with van der Waals surface area (Å²) in [7, 11) is 0. The Morgan fingerprint density at radius 1 is 1.14 bits per heavy atom. The number of hydrogen-bond donors (Lipinski definition) is 0. The van der Waals surface area contributed by atoms with Crippen molar-refractivity contribution in [2.24, 2.45) is 0 Å². The fourth-order valence-corrected chi connectivity index (χ4v) is 5.70. The van der Waals surface area contributed by atoms with Gasteiger partial charge < -0.3 is 9.64 Å². The first kappa shape index (κ1) is 23.7. The molecular formula is C27H24BrFN6O2. The number of imidazole rings is 1. The third-order valence-corrected chi connectivity index (χ3v) is 7.54. The van der Waals surface area contributed by atoms with Crippen molar-refractivity contribution in [3.05, 3.63) is 89.4 Å². The molecule has 4 aromatic rings. The van der Waals surface area contributed by atoms with Crippen molar-refractivity contribution in [3.8, 4) is 17.1 Å². The van der Waals surface area contributed by atoms with Crippen molar-refractivity contribution in [3.63, 3.8) is 0 Å². The van der Waals surface area contributed by atoms with E-state index in [1.165, 1.54) is 18.4 Å². The average Bonchev–Trinajstić information content (AvgIpc) is 3.39. The van der Waals surface area contributed by atoms with Gasteiger partial charge in [-0.3, -0.25) is 14.1 Å². The van der Waals surface area contributed by atoms with Crippen LogP contribution in [0, 0.1) is 5.82 Å². The quantitative estimate of drug-likeness (QED) is 0.317. The highest BCUT2D eigenvalue weighted by molar-refractivity contribution is 9.10. The molecule has 2 aliphatic heterocycles. The van der Waals surface area contributed by atoms with Crippen molar-refractivity contribution in [1.29, 1.82) is 0 Å². The fourth-order valence-electron chi connectivity index (χ4n) is 5.44. The Labute approximate surface area is 221 Å².